The van der Waals surface area contributed by atoms with Crippen LogP contribution in [0.25, 0.3) is 11.0 Å². The third-order valence-electron chi connectivity index (χ3n) is 3.42. The molecule has 0 aromatic carbocycles. The van der Waals surface area contributed by atoms with E-state index in [2.05, 4.69) is 10.1 Å². The molecule has 1 fully saturated rings. The van der Waals surface area contributed by atoms with E-state index in [1.165, 1.54) is 6.42 Å². The van der Waals surface area contributed by atoms with Gasteiger partial charge in [-0.25, -0.2) is 4.98 Å². The molecule has 0 N–H and O–H groups in total. The molecule has 0 atom stereocenters. The van der Waals surface area contributed by atoms with Crippen molar-refractivity contribution in [1.29, 1.82) is 0 Å². The second-order valence-electron chi connectivity index (χ2n) is 4.85. The molecular weight excluding hydrogens is 246 g/mol. The largest absolute Gasteiger partial charge is 0.351 e. The predicted octanol–water partition coefficient (Wildman–Crippen LogP) is 1.87. The highest BCUT2D eigenvalue weighted by molar-refractivity contribution is 5.81. The molecule has 0 bridgehead atoms. The van der Waals surface area contributed by atoms with Gasteiger partial charge in [0.25, 0.3) is 0 Å². The molecule has 0 amide bonds. The first-order valence-electron chi connectivity index (χ1n) is 6.39. The molecule has 1 aliphatic heterocycles. The van der Waals surface area contributed by atoms with Crippen LogP contribution in [0, 0.1) is 10.1 Å². The van der Waals surface area contributed by atoms with Crippen LogP contribution in [-0.2, 0) is 7.05 Å². The van der Waals surface area contributed by atoms with Gasteiger partial charge in [0.2, 0.25) is 5.82 Å². The lowest BCUT2D eigenvalue weighted by Crippen LogP contribution is -2.30. The molecule has 0 aliphatic carbocycles. The Kier molecular flexibility index (Phi) is 2.81. The SMILES string of the molecule is Cn1cc2cc([N+](=O)[O-])c(N3CCCCC3)nc2n1. The first-order chi connectivity index (χ1) is 9.15. The van der Waals surface area contributed by atoms with Crippen LogP contribution in [-0.4, -0.2) is 32.8 Å². The number of hydrogen-bond acceptors (Lipinski definition) is 5. The summed E-state index contributed by atoms with van der Waals surface area (Å²) in [7, 11) is 1.79. The van der Waals surface area contributed by atoms with Crippen molar-refractivity contribution in [1.82, 2.24) is 14.8 Å². The highest BCUT2D eigenvalue weighted by Crippen LogP contribution is 2.31. The molecule has 0 saturated carbocycles. The molecule has 7 heteroatoms. The van der Waals surface area contributed by atoms with Gasteiger partial charge in [-0.3, -0.25) is 14.8 Å². The zero-order valence-corrected chi connectivity index (χ0v) is 10.7. The van der Waals surface area contributed by atoms with Crippen LogP contribution in [0.1, 0.15) is 19.3 Å². The fourth-order valence-electron chi connectivity index (χ4n) is 2.53. The minimum absolute atomic E-state index is 0.0717. The minimum Gasteiger partial charge on any atom is -0.351 e. The molecule has 3 heterocycles. The van der Waals surface area contributed by atoms with Crippen molar-refractivity contribution < 1.29 is 4.92 Å². The molecule has 0 radical (unpaired) electrons. The predicted molar refractivity (Wildman–Crippen MR) is 71.2 cm³/mol. The Bertz CT molecular complexity index is 630. The van der Waals surface area contributed by atoms with Crippen LogP contribution < -0.4 is 4.90 Å². The van der Waals surface area contributed by atoms with Crippen LogP contribution in [0.15, 0.2) is 12.3 Å². The van der Waals surface area contributed by atoms with Gasteiger partial charge in [-0.15, -0.1) is 0 Å². The topological polar surface area (TPSA) is 77.1 Å². The van der Waals surface area contributed by atoms with Gasteiger partial charge < -0.3 is 4.90 Å². The molecule has 1 saturated heterocycles. The number of hydrogen-bond donors (Lipinski definition) is 0. The standard InChI is InChI=1S/C12H15N5O2/c1-15-8-9-7-10(17(18)19)12(13-11(9)14-15)16-5-3-2-4-6-16/h7-8H,2-6H2,1H3. The molecule has 100 valence electrons. The lowest BCUT2D eigenvalue weighted by molar-refractivity contribution is -0.384. The van der Waals surface area contributed by atoms with Gasteiger partial charge in [-0.05, 0) is 19.3 Å². The monoisotopic (exact) mass is 261 g/mol. The fourth-order valence-corrected chi connectivity index (χ4v) is 2.53. The average molecular weight is 261 g/mol. The molecule has 3 rings (SSSR count). The Hall–Kier alpha value is -2.18. The summed E-state index contributed by atoms with van der Waals surface area (Å²) < 4.78 is 1.63. The Morgan fingerprint density at radius 3 is 2.74 bits per heavy atom. The molecule has 1 aliphatic rings. The van der Waals surface area contributed by atoms with Crippen LogP contribution in [0.4, 0.5) is 11.5 Å². The van der Waals surface area contributed by atoms with E-state index in [1.807, 2.05) is 4.90 Å². The first kappa shape index (κ1) is 11.9. The van der Waals surface area contributed by atoms with E-state index < -0.39 is 0 Å². The second-order valence-corrected chi connectivity index (χ2v) is 4.85. The molecule has 19 heavy (non-hydrogen) atoms. The molecule has 0 unspecified atom stereocenters. The van der Waals surface area contributed by atoms with Crippen molar-refractivity contribution >= 4 is 22.5 Å². The summed E-state index contributed by atoms with van der Waals surface area (Å²) in [6.45, 7) is 1.65. The molecule has 0 spiro atoms. The van der Waals surface area contributed by atoms with Gasteiger partial charge in [-0.2, -0.15) is 5.10 Å². The Balaban J connectivity index is 2.13. The smallest absolute Gasteiger partial charge is 0.312 e. The number of fused-ring (bicyclic) bond motifs is 1. The summed E-state index contributed by atoms with van der Waals surface area (Å²) >= 11 is 0. The average Bonchev–Trinajstić information content (AvgIpc) is 2.77. The quantitative estimate of drug-likeness (QED) is 0.609. The normalized spacial score (nSPS) is 15.9. The highest BCUT2D eigenvalue weighted by atomic mass is 16.6. The third-order valence-corrected chi connectivity index (χ3v) is 3.42. The number of nitro groups is 1. The lowest BCUT2D eigenvalue weighted by Gasteiger charge is -2.27. The summed E-state index contributed by atoms with van der Waals surface area (Å²) in [4.78, 5) is 17.3. The van der Waals surface area contributed by atoms with E-state index in [4.69, 9.17) is 0 Å². The fraction of sp³-hybridized carbons (Fsp3) is 0.500. The summed E-state index contributed by atoms with van der Waals surface area (Å²) in [6, 6.07) is 1.57. The van der Waals surface area contributed by atoms with Gasteiger partial charge in [-0.1, -0.05) is 0 Å². The zero-order valence-electron chi connectivity index (χ0n) is 10.7. The van der Waals surface area contributed by atoms with Crippen molar-refractivity contribution in [3.8, 4) is 0 Å². The number of aryl methyl sites for hydroxylation is 1. The van der Waals surface area contributed by atoms with Crippen LogP contribution >= 0.6 is 0 Å². The van der Waals surface area contributed by atoms with Crippen molar-refractivity contribution in [2.75, 3.05) is 18.0 Å². The van der Waals surface area contributed by atoms with Gasteiger partial charge in [0, 0.05) is 37.8 Å². The Morgan fingerprint density at radius 1 is 1.32 bits per heavy atom. The van der Waals surface area contributed by atoms with Crippen molar-refractivity contribution in [3.05, 3.63) is 22.4 Å². The van der Waals surface area contributed by atoms with Gasteiger partial charge in [0.05, 0.1) is 4.92 Å². The summed E-state index contributed by atoms with van der Waals surface area (Å²) in [5.74, 6) is 0.455. The molecular formula is C12H15N5O2. The second kappa shape index (κ2) is 4.49. The van der Waals surface area contributed by atoms with Crippen molar-refractivity contribution in [3.63, 3.8) is 0 Å². The van der Waals surface area contributed by atoms with E-state index in [-0.39, 0.29) is 10.6 Å². The van der Waals surface area contributed by atoms with Crippen LogP contribution in [0.3, 0.4) is 0 Å². The lowest BCUT2D eigenvalue weighted by atomic mass is 10.1. The Morgan fingerprint density at radius 2 is 2.05 bits per heavy atom. The zero-order chi connectivity index (χ0) is 13.4. The highest BCUT2D eigenvalue weighted by Gasteiger charge is 2.24. The van der Waals surface area contributed by atoms with Crippen molar-refractivity contribution in [2.45, 2.75) is 19.3 Å². The van der Waals surface area contributed by atoms with E-state index in [1.54, 1.807) is 24.0 Å². The minimum atomic E-state index is -0.358. The van der Waals surface area contributed by atoms with Crippen LogP contribution in [0.5, 0.6) is 0 Å². The first-order valence-corrected chi connectivity index (χ1v) is 6.39. The molecule has 2 aromatic heterocycles. The molecule has 7 nitrogen and oxygen atoms in total. The van der Waals surface area contributed by atoms with E-state index >= 15 is 0 Å². The number of pyridine rings is 1. The summed E-state index contributed by atoms with van der Waals surface area (Å²) in [5, 5.41) is 16.2. The number of nitrogens with zero attached hydrogens (tertiary/aromatic N) is 5. The van der Waals surface area contributed by atoms with Gasteiger partial charge >= 0.3 is 5.69 Å². The third kappa shape index (κ3) is 2.11. The number of rotatable bonds is 2. The van der Waals surface area contributed by atoms with Crippen molar-refractivity contribution in [2.24, 2.45) is 7.05 Å². The number of piperidine rings is 1. The van der Waals surface area contributed by atoms with E-state index in [0.717, 1.165) is 25.9 Å². The summed E-state index contributed by atoms with van der Waals surface area (Å²) in [6.07, 6.45) is 5.03. The number of anilines is 1. The molecule has 2 aromatic rings. The van der Waals surface area contributed by atoms with Gasteiger partial charge in [0.1, 0.15) is 0 Å². The van der Waals surface area contributed by atoms with E-state index in [0.29, 0.717) is 16.9 Å². The maximum Gasteiger partial charge on any atom is 0.312 e. The number of aromatic nitrogens is 3. The summed E-state index contributed by atoms with van der Waals surface area (Å²) in [5.41, 5.74) is 0.635. The Labute approximate surface area is 110 Å². The maximum absolute atomic E-state index is 11.2. The van der Waals surface area contributed by atoms with E-state index in [9.17, 15) is 10.1 Å². The maximum atomic E-state index is 11.2. The van der Waals surface area contributed by atoms with Gasteiger partial charge in [0.15, 0.2) is 5.65 Å². The van der Waals surface area contributed by atoms with Crippen LogP contribution in [0.2, 0.25) is 0 Å².